The lowest BCUT2D eigenvalue weighted by Crippen LogP contribution is -2.10. The molecule has 0 heterocycles. The van der Waals surface area contributed by atoms with Crippen molar-refractivity contribution in [2.45, 2.75) is 39.4 Å². The Bertz CT molecular complexity index is 263. The summed E-state index contributed by atoms with van der Waals surface area (Å²) >= 11 is 0. The number of hydrogen-bond donors (Lipinski definition) is 1. The SMILES string of the molecule is CC(C)(C)c1cccc(O)c1.[B]CC. The van der Waals surface area contributed by atoms with Gasteiger partial charge in [0.2, 0.25) is 0 Å². The molecule has 0 bridgehead atoms. The van der Waals surface area contributed by atoms with Gasteiger partial charge in [0.05, 0.1) is 7.85 Å². The zero-order valence-electron chi connectivity index (χ0n) is 9.54. The predicted octanol–water partition coefficient (Wildman–Crippen LogP) is 3.28. The van der Waals surface area contributed by atoms with E-state index in [-0.39, 0.29) is 5.41 Å². The van der Waals surface area contributed by atoms with Crippen LogP contribution >= 0.6 is 0 Å². The predicted molar refractivity (Wildman–Crippen MR) is 63.0 cm³/mol. The minimum absolute atomic E-state index is 0.124. The van der Waals surface area contributed by atoms with E-state index in [1.807, 2.05) is 19.1 Å². The van der Waals surface area contributed by atoms with Crippen molar-refractivity contribution in [1.29, 1.82) is 0 Å². The van der Waals surface area contributed by atoms with Gasteiger partial charge in [-0.05, 0) is 23.1 Å². The van der Waals surface area contributed by atoms with Crippen LogP contribution in [0.2, 0.25) is 6.32 Å². The third-order valence-electron chi connectivity index (χ3n) is 1.71. The molecule has 0 amide bonds. The topological polar surface area (TPSA) is 20.2 Å². The van der Waals surface area contributed by atoms with E-state index in [2.05, 4.69) is 20.8 Å². The molecular formula is C12H19BO. The summed E-state index contributed by atoms with van der Waals surface area (Å²) in [5, 5.41) is 9.18. The van der Waals surface area contributed by atoms with Crippen molar-refractivity contribution in [3.63, 3.8) is 0 Å². The van der Waals surface area contributed by atoms with Crippen LogP contribution in [0.4, 0.5) is 0 Å². The molecular weight excluding hydrogens is 171 g/mol. The number of rotatable bonds is 0. The van der Waals surface area contributed by atoms with E-state index in [0.29, 0.717) is 5.75 Å². The monoisotopic (exact) mass is 190 g/mol. The van der Waals surface area contributed by atoms with Crippen LogP contribution in [0.25, 0.3) is 0 Å². The molecule has 0 aliphatic heterocycles. The highest BCUT2D eigenvalue weighted by atomic mass is 16.3. The van der Waals surface area contributed by atoms with Crippen LogP contribution in [0.1, 0.15) is 33.3 Å². The highest BCUT2D eigenvalue weighted by Crippen LogP contribution is 2.24. The minimum Gasteiger partial charge on any atom is -0.508 e. The zero-order valence-corrected chi connectivity index (χ0v) is 9.54. The molecule has 0 fully saturated rings. The molecule has 14 heavy (non-hydrogen) atoms. The average Bonchev–Trinajstić information content (AvgIpc) is 2.04. The van der Waals surface area contributed by atoms with Gasteiger partial charge in [-0.3, -0.25) is 0 Å². The second-order valence-corrected chi connectivity index (χ2v) is 4.21. The minimum atomic E-state index is 0.124. The zero-order chi connectivity index (χ0) is 11.2. The Morgan fingerprint density at radius 2 is 1.79 bits per heavy atom. The molecule has 0 atom stereocenters. The van der Waals surface area contributed by atoms with Gasteiger partial charge in [0, 0.05) is 0 Å². The van der Waals surface area contributed by atoms with Crippen LogP contribution in [0.5, 0.6) is 5.75 Å². The van der Waals surface area contributed by atoms with Crippen molar-refractivity contribution in [2.24, 2.45) is 0 Å². The normalized spacial score (nSPS) is 10.3. The molecule has 0 unspecified atom stereocenters. The van der Waals surface area contributed by atoms with Gasteiger partial charge in [0.15, 0.2) is 0 Å². The molecule has 0 spiro atoms. The number of hydrogen-bond acceptors (Lipinski definition) is 1. The Labute approximate surface area is 88.6 Å². The van der Waals surface area contributed by atoms with E-state index in [1.165, 1.54) is 0 Å². The summed E-state index contributed by atoms with van der Waals surface area (Å²) in [6.45, 7) is 8.28. The van der Waals surface area contributed by atoms with Gasteiger partial charge in [-0.25, -0.2) is 0 Å². The standard InChI is InChI=1S/C10H14O.C2H5B/c1-10(2,3)8-5-4-6-9(11)7-8;1-2-3/h4-7,11H,1-3H3;2H2,1H3. The van der Waals surface area contributed by atoms with Crippen molar-refractivity contribution in [3.05, 3.63) is 29.8 Å². The summed E-state index contributed by atoms with van der Waals surface area (Å²) in [6, 6.07) is 7.39. The van der Waals surface area contributed by atoms with Crippen LogP contribution in [-0.2, 0) is 5.41 Å². The third kappa shape index (κ3) is 4.95. The molecule has 2 heteroatoms. The maximum atomic E-state index is 9.18. The first kappa shape index (κ1) is 13.1. The number of benzene rings is 1. The molecule has 0 saturated heterocycles. The Morgan fingerprint density at radius 3 is 2.07 bits per heavy atom. The van der Waals surface area contributed by atoms with E-state index >= 15 is 0 Å². The van der Waals surface area contributed by atoms with Crippen LogP contribution in [-0.4, -0.2) is 13.0 Å². The van der Waals surface area contributed by atoms with Gasteiger partial charge in [-0.15, -0.1) is 0 Å². The Balaban J connectivity index is 0.000000500. The molecule has 1 aromatic rings. The van der Waals surface area contributed by atoms with E-state index < -0.39 is 0 Å². The largest absolute Gasteiger partial charge is 0.508 e. The van der Waals surface area contributed by atoms with Gasteiger partial charge in [-0.2, -0.15) is 0 Å². The fourth-order valence-electron chi connectivity index (χ4n) is 0.972. The third-order valence-corrected chi connectivity index (χ3v) is 1.71. The summed E-state index contributed by atoms with van der Waals surface area (Å²) < 4.78 is 0. The van der Waals surface area contributed by atoms with Crippen molar-refractivity contribution in [3.8, 4) is 5.75 Å². The second-order valence-electron chi connectivity index (χ2n) is 4.21. The maximum Gasteiger partial charge on any atom is 0.115 e. The van der Waals surface area contributed by atoms with E-state index in [4.69, 9.17) is 7.85 Å². The maximum absolute atomic E-state index is 9.18. The molecule has 2 radical (unpaired) electrons. The highest BCUT2D eigenvalue weighted by Gasteiger charge is 2.12. The Hall–Kier alpha value is -0.915. The number of phenolic OH excluding ortho intramolecular Hbond substituents is 1. The molecule has 1 N–H and O–H groups in total. The van der Waals surface area contributed by atoms with Crippen molar-refractivity contribution < 1.29 is 5.11 Å². The Morgan fingerprint density at radius 1 is 1.29 bits per heavy atom. The number of aromatic hydroxyl groups is 1. The molecule has 1 nitrogen and oxygen atoms in total. The van der Waals surface area contributed by atoms with Gasteiger partial charge < -0.3 is 5.11 Å². The molecule has 0 aromatic heterocycles. The summed E-state index contributed by atoms with van der Waals surface area (Å²) in [7, 11) is 4.85. The summed E-state index contributed by atoms with van der Waals surface area (Å²) in [4.78, 5) is 0. The van der Waals surface area contributed by atoms with Crippen molar-refractivity contribution >= 4 is 7.85 Å². The highest BCUT2D eigenvalue weighted by molar-refractivity contribution is 6.08. The average molecular weight is 190 g/mol. The smallest absolute Gasteiger partial charge is 0.115 e. The molecule has 0 aliphatic carbocycles. The first-order chi connectivity index (χ1) is 6.41. The molecule has 76 valence electrons. The summed E-state index contributed by atoms with van der Waals surface area (Å²) in [5.74, 6) is 0.345. The summed E-state index contributed by atoms with van der Waals surface area (Å²) in [6.07, 6.45) is 0.750. The fraction of sp³-hybridized carbons (Fsp3) is 0.500. The van der Waals surface area contributed by atoms with Crippen LogP contribution in [0, 0.1) is 0 Å². The van der Waals surface area contributed by atoms with Gasteiger partial charge >= 0.3 is 0 Å². The first-order valence-electron chi connectivity index (χ1n) is 4.91. The fourth-order valence-corrected chi connectivity index (χ4v) is 0.972. The van der Waals surface area contributed by atoms with Crippen molar-refractivity contribution in [2.75, 3.05) is 0 Å². The summed E-state index contributed by atoms with van der Waals surface area (Å²) in [5.41, 5.74) is 1.29. The quantitative estimate of drug-likeness (QED) is 0.622. The van der Waals surface area contributed by atoms with Gasteiger partial charge in [-0.1, -0.05) is 46.1 Å². The van der Waals surface area contributed by atoms with Crippen LogP contribution < -0.4 is 0 Å². The first-order valence-corrected chi connectivity index (χ1v) is 4.91. The Kier molecular flexibility index (Phi) is 5.36. The van der Waals surface area contributed by atoms with Crippen LogP contribution in [0.15, 0.2) is 24.3 Å². The van der Waals surface area contributed by atoms with E-state index in [0.717, 1.165) is 11.9 Å². The lowest BCUT2D eigenvalue weighted by Gasteiger charge is -2.18. The van der Waals surface area contributed by atoms with Crippen LogP contribution in [0.3, 0.4) is 0 Å². The molecule has 1 rings (SSSR count). The second kappa shape index (κ2) is 5.74. The lowest BCUT2D eigenvalue weighted by atomic mass is 9.87. The molecule has 1 aromatic carbocycles. The number of phenols is 1. The van der Waals surface area contributed by atoms with E-state index in [9.17, 15) is 5.11 Å². The van der Waals surface area contributed by atoms with Gasteiger partial charge in [0.25, 0.3) is 0 Å². The molecule has 0 aliphatic rings. The molecule has 0 saturated carbocycles. The van der Waals surface area contributed by atoms with Crippen molar-refractivity contribution in [1.82, 2.24) is 0 Å². The lowest BCUT2D eigenvalue weighted by molar-refractivity contribution is 0.471. The van der Waals surface area contributed by atoms with E-state index in [1.54, 1.807) is 12.1 Å². The van der Waals surface area contributed by atoms with Gasteiger partial charge in [0.1, 0.15) is 5.75 Å².